The highest BCUT2D eigenvalue weighted by Gasteiger charge is 2.23. The summed E-state index contributed by atoms with van der Waals surface area (Å²) in [7, 11) is 0. The van der Waals surface area contributed by atoms with E-state index in [4.69, 9.17) is 10.7 Å². The van der Waals surface area contributed by atoms with E-state index in [0.717, 1.165) is 36.8 Å². The van der Waals surface area contributed by atoms with E-state index in [1.54, 1.807) is 0 Å². The van der Waals surface area contributed by atoms with Crippen LogP contribution >= 0.6 is 0 Å². The van der Waals surface area contributed by atoms with Crippen LogP contribution in [0.1, 0.15) is 51.0 Å². The van der Waals surface area contributed by atoms with Crippen molar-refractivity contribution in [3.8, 4) is 0 Å². The summed E-state index contributed by atoms with van der Waals surface area (Å²) in [6, 6.07) is 0. The average Bonchev–Trinajstić information content (AvgIpc) is 2.54. The molecule has 2 rings (SSSR count). The second kappa shape index (κ2) is 3.87. The Morgan fingerprint density at radius 2 is 2.33 bits per heavy atom. The number of nitrogen functional groups attached to an aromatic ring is 1. The molecule has 3 nitrogen and oxygen atoms in total. The van der Waals surface area contributed by atoms with Crippen LogP contribution in [0.5, 0.6) is 0 Å². The third kappa shape index (κ3) is 1.75. The highest BCUT2D eigenvalue weighted by atomic mass is 15.1. The molecular weight excluding hydrogens is 186 g/mol. The minimum Gasteiger partial charge on any atom is -0.384 e. The van der Waals surface area contributed by atoms with E-state index in [2.05, 4.69) is 25.3 Å². The van der Waals surface area contributed by atoms with Gasteiger partial charge in [0.05, 0.1) is 5.69 Å². The largest absolute Gasteiger partial charge is 0.384 e. The number of rotatable bonds is 2. The van der Waals surface area contributed by atoms with Gasteiger partial charge in [-0.25, -0.2) is 4.98 Å². The van der Waals surface area contributed by atoms with Crippen LogP contribution in [0.15, 0.2) is 0 Å². The Labute approximate surface area is 91.7 Å². The van der Waals surface area contributed by atoms with E-state index in [1.807, 2.05) is 0 Å². The van der Waals surface area contributed by atoms with Gasteiger partial charge < -0.3 is 10.3 Å². The van der Waals surface area contributed by atoms with Crippen LogP contribution in [0.2, 0.25) is 0 Å². The van der Waals surface area contributed by atoms with Crippen molar-refractivity contribution >= 4 is 5.82 Å². The first-order chi connectivity index (χ1) is 7.13. The second-order valence-electron chi connectivity index (χ2n) is 4.86. The predicted octanol–water partition coefficient (Wildman–Crippen LogP) is 2.56. The summed E-state index contributed by atoms with van der Waals surface area (Å²) < 4.78 is 2.21. The molecule has 0 fully saturated rings. The molecule has 1 aliphatic rings. The summed E-state index contributed by atoms with van der Waals surface area (Å²) in [5.74, 6) is 3.34. The Hall–Kier alpha value is -0.990. The fraction of sp³-hybridized carbons (Fsp3) is 0.750. The SMILES string of the molecule is CCC(C)c1nc2n(c1N)CCC(C)C2. The molecule has 1 aromatic rings. The zero-order valence-corrected chi connectivity index (χ0v) is 9.95. The molecule has 3 heteroatoms. The highest BCUT2D eigenvalue weighted by molar-refractivity contribution is 5.41. The molecule has 2 unspecified atom stereocenters. The van der Waals surface area contributed by atoms with Crippen molar-refractivity contribution in [2.75, 3.05) is 5.73 Å². The van der Waals surface area contributed by atoms with E-state index in [1.165, 1.54) is 12.2 Å². The van der Waals surface area contributed by atoms with E-state index < -0.39 is 0 Å². The second-order valence-corrected chi connectivity index (χ2v) is 4.86. The van der Waals surface area contributed by atoms with Crippen LogP contribution in [0.25, 0.3) is 0 Å². The molecule has 0 saturated carbocycles. The summed E-state index contributed by atoms with van der Waals surface area (Å²) in [5, 5.41) is 0. The average molecular weight is 207 g/mol. The molecule has 84 valence electrons. The molecule has 2 atom stereocenters. The highest BCUT2D eigenvalue weighted by Crippen LogP contribution is 2.29. The number of anilines is 1. The number of aromatic nitrogens is 2. The lowest BCUT2D eigenvalue weighted by atomic mass is 10.0. The summed E-state index contributed by atoms with van der Waals surface area (Å²) >= 11 is 0. The molecule has 2 N–H and O–H groups in total. The maximum atomic E-state index is 6.15. The molecule has 0 bridgehead atoms. The lowest BCUT2D eigenvalue weighted by Crippen LogP contribution is -2.18. The van der Waals surface area contributed by atoms with Gasteiger partial charge in [0.15, 0.2) is 0 Å². The molecule has 15 heavy (non-hydrogen) atoms. The lowest BCUT2D eigenvalue weighted by molar-refractivity contribution is 0.412. The van der Waals surface area contributed by atoms with Crippen LogP contribution < -0.4 is 5.73 Å². The van der Waals surface area contributed by atoms with Gasteiger partial charge in [-0.1, -0.05) is 20.8 Å². The van der Waals surface area contributed by atoms with E-state index >= 15 is 0 Å². The van der Waals surface area contributed by atoms with Crippen LogP contribution in [0, 0.1) is 5.92 Å². The van der Waals surface area contributed by atoms with E-state index in [-0.39, 0.29) is 0 Å². The van der Waals surface area contributed by atoms with Crippen LogP contribution in [-0.4, -0.2) is 9.55 Å². The third-order valence-corrected chi connectivity index (χ3v) is 3.57. The molecule has 0 aromatic carbocycles. The molecule has 0 saturated heterocycles. The Bertz CT molecular complexity index is 354. The van der Waals surface area contributed by atoms with Crippen molar-refractivity contribution in [1.29, 1.82) is 0 Å². The van der Waals surface area contributed by atoms with Gasteiger partial charge in [0, 0.05) is 18.9 Å². The van der Waals surface area contributed by atoms with Gasteiger partial charge in [-0.15, -0.1) is 0 Å². The van der Waals surface area contributed by atoms with Crippen molar-refractivity contribution in [2.24, 2.45) is 5.92 Å². The summed E-state index contributed by atoms with van der Waals surface area (Å²) in [4.78, 5) is 4.71. The lowest BCUT2D eigenvalue weighted by Gasteiger charge is -2.20. The Morgan fingerprint density at radius 3 is 3.00 bits per heavy atom. The molecule has 1 aromatic heterocycles. The Morgan fingerprint density at radius 1 is 1.60 bits per heavy atom. The third-order valence-electron chi connectivity index (χ3n) is 3.57. The van der Waals surface area contributed by atoms with Crippen LogP contribution in [0.4, 0.5) is 5.82 Å². The van der Waals surface area contributed by atoms with Gasteiger partial charge in [0.25, 0.3) is 0 Å². The summed E-state index contributed by atoms with van der Waals surface area (Å²) in [6.45, 7) is 7.72. The number of nitrogens with two attached hydrogens (primary N) is 1. The monoisotopic (exact) mass is 207 g/mol. The smallest absolute Gasteiger partial charge is 0.127 e. The van der Waals surface area contributed by atoms with Gasteiger partial charge >= 0.3 is 0 Å². The normalized spacial score (nSPS) is 22.5. The first-order valence-electron chi connectivity index (χ1n) is 5.98. The fourth-order valence-electron chi connectivity index (χ4n) is 2.26. The van der Waals surface area contributed by atoms with Gasteiger partial charge in [-0.05, 0) is 18.8 Å². The quantitative estimate of drug-likeness (QED) is 0.810. The number of hydrogen-bond donors (Lipinski definition) is 1. The Balaban J connectivity index is 2.36. The van der Waals surface area contributed by atoms with Crippen molar-refractivity contribution in [1.82, 2.24) is 9.55 Å². The summed E-state index contributed by atoms with van der Waals surface area (Å²) in [5.41, 5.74) is 7.26. The van der Waals surface area contributed by atoms with Crippen molar-refractivity contribution in [2.45, 2.75) is 52.5 Å². The van der Waals surface area contributed by atoms with Gasteiger partial charge in [-0.3, -0.25) is 0 Å². The van der Waals surface area contributed by atoms with Crippen LogP contribution in [-0.2, 0) is 13.0 Å². The number of imidazole rings is 1. The maximum absolute atomic E-state index is 6.15. The van der Waals surface area contributed by atoms with Gasteiger partial charge in [-0.2, -0.15) is 0 Å². The first-order valence-corrected chi connectivity index (χ1v) is 5.98. The van der Waals surface area contributed by atoms with E-state index in [0.29, 0.717) is 5.92 Å². The minimum atomic E-state index is 0.485. The minimum absolute atomic E-state index is 0.485. The Kier molecular flexibility index (Phi) is 2.72. The molecule has 0 amide bonds. The predicted molar refractivity (Wildman–Crippen MR) is 62.8 cm³/mol. The first kappa shape index (κ1) is 10.5. The van der Waals surface area contributed by atoms with Crippen molar-refractivity contribution < 1.29 is 0 Å². The summed E-state index contributed by atoms with van der Waals surface area (Å²) in [6.07, 6.45) is 3.42. The molecular formula is C12H21N3. The fourth-order valence-corrected chi connectivity index (χ4v) is 2.26. The zero-order chi connectivity index (χ0) is 11.0. The van der Waals surface area contributed by atoms with E-state index in [9.17, 15) is 0 Å². The standard InChI is InChI=1S/C12H21N3/c1-4-9(3)11-12(13)15-6-5-8(2)7-10(15)14-11/h8-9H,4-7,13H2,1-3H3. The number of hydrogen-bond acceptors (Lipinski definition) is 2. The molecule has 2 heterocycles. The van der Waals surface area contributed by atoms with Crippen molar-refractivity contribution in [3.63, 3.8) is 0 Å². The molecule has 0 aliphatic carbocycles. The van der Waals surface area contributed by atoms with Gasteiger partial charge in [0.1, 0.15) is 11.6 Å². The molecule has 0 spiro atoms. The number of fused-ring (bicyclic) bond motifs is 1. The van der Waals surface area contributed by atoms with Gasteiger partial charge in [0.2, 0.25) is 0 Å². The molecule has 0 radical (unpaired) electrons. The topological polar surface area (TPSA) is 43.8 Å². The number of nitrogens with zero attached hydrogens (tertiary/aromatic N) is 2. The maximum Gasteiger partial charge on any atom is 0.127 e. The zero-order valence-electron chi connectivity index (χ0n) is 9.95. The van der Waals surface area contributed by atoms with Crippen LogP contribution in [0.3, 0.4) is 0 Å². The molecule has 1 aliphatic heterocycles. The van der Waals surface area contributed by atoms with Crippen molar-refractivity contribution in [3.05, 3.63) is 11.5 Å².